The van der Waals surface area contributed by atoms with Crippen LogP contribution in [0.3, 0.4) is 0 Å². The summed E-state index contributed by atoms with van der Waals surface area (Å²) in [6, 6.07) is 5.06. The first-order chi connectivity index (χ1) is 7.52. The van der Waals surface area contributed by atoms with E-state index in [1.807, 2.05) is 19.2 Å². The van der Waals surface area contributed by atoms with Crippen LogP contribution in [0, 0.1) is 17.0 Å². The minimum atomic E-state index is -0.365. The van der Waals surface area contributed by atoms with Crippen molar-refractivity contribution < 1.29 is 4.92 Å². The molecule has 0 aliphatic rings. The first kappa shape index (κ1) is 12.8. The van der Waals surface area contributed by atoms with Gasteiger partial charge in [-0.15, -0.1) is 0 Å². The lowest BCUT2D eigenvalue weighted by Gasteiger charge is -2.11. The smallest absolute Gasteiger partial charge is 0.271 e. The second-order valence-corrected chi connectivity index (χ2v) is 5.02. The third-order valence-electron chi connectivity index (χ3n) is 2.27. The van der Waals surface area contributed by atoms with E-state index in [1.54, 1.807) is 23.9 Å². The van der Waals surface area contributed by atoms with Crippen molar-refractivity contribution in [2.45, 2.75) is 19.1 Å². The third-order valence-corrected chi connectivity index (χ3v) is 3.24. The Morgan fingerprint density at radius 3 is 2.75 bits per heavy atom. The summed E-state index contributed by atoms with van der Waals surface area (Å²) >= 11 is 1.76. The maximum atomic E-state index is 10.7. The molecular formula is C11H16N2O2S. The van der Waals surface area contributed by atoms with E-state index in [0.29, 0.717) is 5.25 Å². The zero-order valence-electron chi connectivity index (χ0n) is 9.69. The number of aryl methyl sites for hydroxylation is 1. The zero-order chi connectivity index (χ0) is 12.1. The third kappa shape index (κ3) is 3.73. The van der Waals surface area contributed by atoms with E-state index >= 15 is 0 Å². The molecule has 0 amide bonds. The fourth-order valence-electron chi connectivity index (χ4n) is 1.32. The van der Waals surface area contributed by atoms with Crippen LogP contribution < -0.4 is 5.32 Å². The number of nitro groups is 1. The van der Waals surface area contributed by atoms with E-state index in [1.165, 1.54) is 0 Å². The number of hydrogen-bond acceptors (Lipinski definition) is 4. The van der Waals surface area contributed by atoms with Crippen molar-refractivity contribution in [1.82, 2.24) is 0 Å². The van der Waals surface area contributed by atoms with Gasteiger partial charge in [-0.25, -0.2) is 0 Å². The maximum absolute atomic E-state index is 10.7. The van der Waals surface area contributed by atoms with Crippen molar-refractivity contribution in [3.63, 3.8) is 0 Å². The predicted octanol–water partition coefficient (Wildman–Crippen LogP) is 3.07. The van der Waals surface area contributed by atoms with E-state index in [4.69, 9.17) is 0 Å². The number of nitro benzene ring substituents is 1. The minimum absolute atomic E-state index is 0.138. The molecule has 0 heterocycles. The molecule has 1 aromatic carbocycles. The molecule has 1 unspecified atom stereocenters. The molecule has 0 fully saturated rings. The largest absolute Gasteiger partial charge is 0.384 e. The molecule has 1 aromatic rings. The predicted molar refractivity (Wildman–Crippen MR) is 69.3 cm³/mol. The molecule has 0 bridgehead atoms. The first-order valence-corrected chi connectivity index (χ1v) is 6.34. The number of nitrogens with one attached hydrogen (secondary N) is 1. The zero-order valence-corrected chi connectivity index (χ0v) is 10.5. The van der Waals surface area contributed by atoms with Gasteiger partial charge in [0.1, 0.15) is 0 Å². The molecule has 16 heavy (non-hydrogen) atoms. The van der Waals surface area contributed by atoms with Gasteiger partial charge in [-0.2, -0.15) is 11.8 Å². The number of benzene rings is 1. The van der Waals surface area contributed by atoms with Crippen LogP contribution in [0.4, 0.5) is 11.4 Å². The Morgan fingerprint density at radius 1 is 1.50 bits per heavy atom. The summed E-state index contributed by atoms with van der Waals surface area (Å²) in [7, 11) is 0. The summed E-state index contributed by atoms with van der Waals surface area (Å²) in [5.74, 6) is 0. The summed E-state index contributed by atoms with van der Waals surface area (Å²) in [5, 5.41) is 14.4. The SMILES string of the molecule is CSC(C)CNc1cc(C)cc([N+](=O)[O-])c1. The van der Waals surface area contributed by atoms with E-state index in [9.17, 15) is 10.1 Å². The molecule has 1 atom stereocenters. The highest BCUT2D eigenvalue weighted by Crippen LogP contribution is 2.20. The number of non-ortho nitro benzene ring substituents is 1. The van der Waals surface area contributed by atoms with Crippen LogP contribution >= 0.6 is 11.8 Å². The van der Waals surface area contributed by atoms with Crippen molar-refractivity contribution in [3.05, 3.63) is 33.9 Å². The fourth-order valence-corrected chi connectivity index (χ4v) is 1.57. The minimum Gasteiger partial charge on any atom is -0.384 e. The second-order valence-electron chi connectivity index (χ2n) is 3.74. The van der Waals surface area contributed by atoms with Crippen LogP contribution in [-0.2, 0) is 0 Å². The fraction of sp³-hybridized carbons (Fsp3) is 0.455. The normalized spacial score (nSPS) is 12.2. The second kappa shape index (κ2) is 5.75. The average Bonchev–Trinajstić information content (AvgIpc) is 2.25. The van der Waals surface area contributed by atoms with Crippen LogP contribution in [0.25, 0.3) is 0 Å². The molecule has 0 radical (unpaired) electrons. The summed E-state index contributed by atoms with van der Waals surface area (Å²) < 4.78 is 0. The number of thioether (sulfide) groups is 1. The number of anilines is 1. The van der Waals surface area contributed by atoms with Gasteiger partial charge >= 0.3 is 0 Å². The molecule has 0 aromatic heterocycles. The summed E-state index contributed by atoms with van der Waals surface area (Å²) in [6.45, 7) is 4.78. The van der Waals surface area contributed by atoms with E-state index in [0.717, 1.165) is 17.8 Å². The quantitative estimate of drug-likeness (QED) is 0.634. The Labute approximate surface area is 99.6 Å². The Balaban J connectivity index is 2.76. The van der Waals surface area contributed by atoms with Gasteiger partial charge in [0.2, 0.25) is 0 Å². The Bertz CT molecular complexity index is 382. The molecule has 4 nitrogen and oxygen atoms in total. The highest BCUT2D eigenvalue weighted by atomic mass is 32.2. The van der Waals surface area contributed by atoms with E-state index in [-0.39, 0.29) is 10.6 Å². The van der Waals surface area contributed by atoms with Gasteiger partial charge in [0.15, 0.2) is 0 Å². The van der Waals surface area contributed by atoms with Gasteiger partial charge in [-0.3, -0.25) is 10.1 Å². The molecule has 0 spiro atoms. The monoisotopic (exact) mass is 240 g/mol. The van der Waals surface area contributed by atoms with E-state index in [2.05, 4.69) is 12.2 Å². The number of nitrogens with zero attached hydrogens (tertiary/aromatic N) is 1. The number of hydrogen-bond donors (Lipinski definition) is 1. The van der Waals surface area contributed by atoms with Crippen LogP contribution in [0.5, 0.6) is 0 Å². The van der Waals surface area contributed by atoms with Crippen molar-refractivity contribution >= 4 is 23.1 Å². The lowest BCUT2D eigenvalue weighted by atomic mass is 10.2. The van der Waals surface area contributed by atoms with Gasteiger partial charge in [0, 0.05) is 29.6 Å². The lowest BCUT2D eigenvalue weighted by Crippen LogP contribution is -2.12. The van der Waals surface area contributed by atoms with Crippen LogP contribution in [-0.4, -0.2) is 23.0 Å². The van der Waals surface area contributed by atoms with Gasteiger partial charge < -0.3 is 5.32 Å². The maximum Gasteiger partial charge on any atom is 0.271 e. The van der Waals surface area contributed by atoms with Crippen molar-refractivity contribution in [2.24, 2.45) is 0 Å². The van der Waals surface area contributed by atoms with Crippen molar-refractivity contribution in [2.75, 3.05) is 18.1 Å². The molecule has 0 saturated carbocycles. The molecule has 1 N–H and O–H groups in total. The molecule has 88 valence electrons. The van der Waals surface area contributed by atoms with Crippen molar-refractivity contribution in [3.8, 4) is 0 Å². The highest BCUT2D eigenvalue weighted by molar-refractivity contribution is 7.99. The summed E-state index contributed by atoms with van der Waals surface area (Å²) in [5.41, 5.74) is 1.85. The molecule has 0 aliphatic heterocycles. The van der Waals surface area contributed by atoms with Gasteiger partial charge in [-0.05, 0) is 24.8 Å². The summed E-state index contributed by atoms with van der Waals surface area (Å²) in [4.78, 5) is 10.3. The Hall–Kier alpha value is -1.23. The molecule has 1 rings (SSSR count). The highest BCUT2D eigenvalue weighted by Gasteiger charge is 2.08. The molecule has 0 saturated heterocycles. The first-order valence-electron chi connectivity index (χ1n) is 5.05. The van der Waals surface area contributed by atoms with Gasteiger partial charge in [-0.1, -0.05) is 6.92 Å². The van der Waals surface area contributed by atoms with E-state index < -0.39 is 0 Å². The van der Waals surface area contributed by atoms with Crippen molar-refractivity contribution in [1.29, 1.82) is 0 Å². The van der Waals surface area contributed by atoms with Gasteiger partial charge in [0.05, 0.1) is 4.92 Å². The van der Waals surface area contributed by atoms with Crippen LogP contribution in [0.15, 0.2) is 18.2 Å². The molecular weight excluding hydrogens is 224 g/mol. The average molecular weight is 240 g/mol. The molecule has 0 aliphatic carbocycles. The molecule has 5 heteroatoms. The van der Waals surface area contributed by atoms with Crippen LogP contribution in [0.1, 0.15) is 12.5 Å². The topological polar surface area (TPSA) is 55.2 Å². The Morgan fingerprint density at radius 2 is 2.19 bits per heavy atom. The van der Waals surface area contributed by atoms with Gasteiger partial charge in [0.25, 0.3) is 5.69 Å². The number of rotatable bonds is 5. The summed E-state index contributed by atoms with van der Waals surface area (Å²) in [6.07, 6.45) is 2.05. The Kier molecular flexibility index (Phi) is 4.61. The van der Waals surface area contributed by atoms with Crippen LogP contribution in [0.2, 0.25) is 0 Å². The standard InChI is InChI=1S/C11H16N2O2S/c1-8-4-10(12-7-9(2)16-3)6-11(5-8)13(14)15/h4-6,9,12H,7H2,1-3H3. The lowest BCUT2D eigenvalue weighted by molar-refractivity contribution is -0.384.